The van der Waals surface area contributed by atoms with Gasteiger partial charge in [0.05, 0.1) is 26.2 Å². The maximum Gasteiger partial charge on any atom is 0.251 e. The number of hydrogen-bond donors (Lipinski definition) is 2. The van der Waals surface area contributed by atoms with Gasteiger partial charge in [-0.1, -0.05) is 6.07 Å². The normalized spacial score (nSPS) is 10.2. The Bertz CT molecular complexity index is 740. The maximum atomic E-state index is 12.2. The first kappa shape index (κ1) is 16.8. The molecular weight excluding hydrogens is 316 g/mol. The molecule has 0 fully saturated rings. The summed E-state index contributed by atoms with van der Waals surface area (Å²) in [6.07, 6.45) is 0.113. The van der Waals surface area contributed by atoms with Gasteiger partial charge in [-0.3, -0.25) is 9.59 Å². The summed E-state index contributed by atoms with van der Waals surface area (Å²) in [5.74, 6) is 0.409. The van der Waals surface area contributed by atoms with E-state index in [0.29, 0.717) is 22.1 Å². The fraction of sp³-hybridized carbons (Fsp3) is 0.250. The second-order valence-corrected chi connectivity index (χ2v) is 5.77. The quantitative estimate of drug-likeness (QED) is 0.848. The molecule has 2 aromatic rings. The van der Waals surface area contributed by atoms with E-state index in [1.165, 1.54) is 18.4 Å². The number of aryl methyl sites for hydroxylation is 1. The molecule has 1 aromatic carbocycles. The molecular formula is C16H18N2O4S. The average Bonchev–Trinajstić information content (AvgIpc) is 2.88. The van der Waals surface area contributed by atoms with Gasteiger partial charge in [-0.15, -0.1) is 11.3 Å². The van der Waals surface area contributed by atoms with Gasteiger partial charge in [0.1, 0.15) is 16.5 Å². The number of ether oxygens (including phenoxy) is 2. The van der Waals surface area contributed by atoms with Crippen LogP contribution in [0.2, 0.25) is 0 Å². The van der Waals surface area contributed by atoms with Crippen molar-refractivity contribution < 1.29 is 19.1 Å². The van der Waals surface area contributed by atoms with Crippen molar-refractivity contribution in [3.05, 3.63) is 40.3 Å². The molecule has 1 aromatic heterocycles. The van der Waals surface area contributed by atoms with E-state index < -0.39 is 5.91 Å². The van der Waals surface area contributed by atoms with Gasteiger partial charge in [-0.25, -0.2) is 0 Å². The summed E-state index contributed by atoms with van der Waals surface area (Å²) in [6.45, 7) is 1.78. The van der Waals surface area contributed by atoms with Gasteiger partial charge in [-0.05, 0) is 23.9 Å². The molecule has 2 amide bonds. The van der Waals surface area contributed by atoms with Crippen molar-refractivity contribution in [2.45, 2.75) is 13.3 Å². The summed E-state index contributed by atoms with van der Waals surface area (Å²) in [7, 11) is 3.09. The predicted octanol–water partition coefficient (Wildman–Crippen LogP) is 2.35. The molecule has 0 aliphatic rings. The van der Waals surface area contributed by atoms with Crippen LogP contribution < -0.4 is 20.5 Å². The highest BCUT2D eigenvalue weighted by Gasteiger charge is 2.17. The van der Waals surface area contributed by atoms with E-state index >= 15 is 0 Å². The van der Waals surface area contributed by atoms with Crippen LogP contribution in [-0.4, -0.2) is 26.0 Å². The van der Waals surface area contributed by atoms with Crippen LogP contribution in [-0.2, 0) is 11.2 Å². The number of methoxy groups -OCH3 is 2. The monoisotopic (exact) mass is 334 g/mol. The first-order valence-electron chi connectivity index (χ1n) is 6.85. The number of nitrogens with two attached hydrogens (primary N) is 1. The Morgan fingerprint density at radius 2 is 2.00 bits per heavy atom. The summed E-state index contributed by atoms with van der Waals surface area (Å²) >= 11 is 1.28. The zero-order valence-corrected chi connectivity index (χ0v) is 14.0. The lowest BCUT2D eigenvalue weighted by molar-refractivity contribution is -0.115. The Balaban J connectivity index is 2.16. The van der Waals surface area contributed by atoms with Gasteiger partial charge in [0.15, 0.2) is 0 Å². The number of rotatable bonds is 6. The van der Waals surface area contributed by atoms with Gasteiger partial charge in [0, 0.05) is 11.6 Å². The summed E-state index contributed by atoms with van der Waals surface area (Å²) in [4.78, 5) is 23.7. The molecule has 23 heavy (non-hydrogen) atoms. The third-order valence-corrected chi connectivity index (χ3v) is 4.33. The third kappa shape index (κ3) is 3.81. The zero-order valence-electron chi connectivity index (χ0n) is 13.1. The average molecular weight is 334 g/mol. The van der Waals surface area contributed by atoms with Crippen LogP contribution in [0, 0.1) is 6.92 Å². The molecule has 0 saturated heterocycles. The molecule has 0 saturated carbocycles. The van der Waals surface area contributed by atoms with Crippen LogP contribution in [0.15, 0.2) is 23.6 Å². The number of carbonyl (C=O) groups excluding carboxylic acids is 2. The fourth-order valence-corrected chi connectivity index (χ4v) is 3.15. The van der Waals surface area contributed by atoms with E-state index in [1.807, 2.05) is 0 Å². The number of thiophene rings is 1. The topological polar surface area (TPSA) is 90.6 Å². The van der Waals surface area contributed by atoms with Crippen molar-refractivity contribution in [2.75, 3.05) is 19.5 Å². The predicted molar refractivity (Wildman–Crippen MR) is 89.5 cm³/mol. The molecule has 122 valence electrons. The van der Waals surface area contributed by atoms with Crippen LogP contribution in [0.4, 0.5) is 5.00 Å². The van der Waals surface area contributed by atoms with Crippen LogP contribution in [0.3, 0.4) is 0 Å². The van der Waals surface area contributed by atoms with E-state index in [0.717, 1.165) is 11.1 Å². The van der Waals surface area contributed by atoms with Crippen molar-refractivity contribution in [1.29, 1.82) is 0 Å². The Hall–Kier alpha value is -2.54. The minimum Gasteiger partial charge on any atom is -0.497 e. The van der Waals surface area contributed by atoms with Crippen LogP contribution in [0.25, 0.3) is 0 Å². The largest absolute Gasteiger partial charge is 0.497 e. The number of carbonyl (C=O) groups is 2. The second kappa shape index (κ2) is 7.15. The standard InChI is InChI=1S/C16H18N2O4S/c1-9-8-23-16(14(9)15(17)20)18-13(19)6-10-4-5-11(21-2)7-12(10)22-3/h4-5,7-8H,6H2,1-3H3,(H2,17,20)(H,18,19). The molecule has 0 spiro atoms. The minimum atomic E-state index is -0.555. The SMILES string of the molecule is COc1ccc(CC(=O)Nc2scc(C)c2C(N)=O)c(OC)c1. The van der Waals surface area contributed by atoms with Crippen molar-refractivity contribution in [2.24, 2.45) is 5.73 Å². The summed E-state index contributed by atoms with van der Waals surface area (Å²) in [5, 5.41) is 4.98. The smallest absolute Gasteiger partial charge is 0.251 e. The van der Waals surface area contributed by atoms with Gasteiger partial charge in [-0.2, -0.15) is 0 Å². The lowest BCUT2D eigenvalue weighted by atomic mass is 10.1. The van der Waals surface area contributed by atoms with Crippen LogP contribution >= 0.6 is 11.3 Å². The van der Waals surface area contributed by atoms with Crippen molar-refractivity contribution in [3.8, 4) is 11.5 Å². The summed E-state index contributed by atoms with van der Waals surface area (Å²) in [6, 6.07) is 5.24. The molecule has 2 rings (SSSR count). The molecule has 7 heteroatoms. The van der Waals surface area contributed by atoms with E-state index in [9.17, 15) is 9.59 Å². The Labute approximate surface area is 138 Å². The molecule has 0 unspecified atom stereocenters. The number of nitrogens with one attached hydrogen (secondary N) is 1. The van der Waals surface area contributed by atoms with Gasteiger partial charge < -0.3 is 20.5 Å². The molecule has 6 nitrogen and oxygen atoms in total. The highest BCUT2D eigenvalue weighted by atomic mass is 32.1. The van der Waals surface area contributed by atoms with Crippen molar-refractivity contribution in [3.63, 3.8) is 0 Å². The Morgan fingerprint density at radius 3 is 2.61 bits per heavy atom. The minimum absolute atomic E-state index is 0.113. The van der Waals surface area contributed by atoms with E-state index in [4.69, 9.17) is 15.2 Å². The summed E-state index contributed by atoms with van der Waals surface area (Å²) in [5.41, 5.74) is 7.17. The van der Waals surface area contributed by atoms with Crippen LogP contribution in [0.1, 0.15) is 21.5 Å². The first-order chi connectivity index (χ1) is 11.0. The fourth-order valence-electron chi connectivity index (χ4n) is 2.18. The number of amides is 2. The highest BCUT2D eigenvalue weighted by molar-refractivity contribution is 7.15. The number of benzene rings is 1. The number of anilines is 1. The summed E-state index contributed by atoms with van der Waals surface area (Å²) < 4.78 is 10.4. The molecule has 0 aliphatic carbocycles. The van der Waals surface area contributed by atoms with Gasteiger partial charge in [0.2, 0.25) is 5.91 Å². The highest BCUT2D eigenvalue weighted by Crippen LogP contribution is 2.28. The maximum absolute atomic E-state index is 12.2. The molecule has 0 atom stereocenters. The second-order valence-electron chi connectivity index (χ2n) is 4.89. The first-order valence-corrected chi connectivity index (χ1v) is 7.72. The molecule has 0 bridgehead atoms. The van der Waals surface area contributed by atoms with Crippen LogP contribution in [0.5, 0.6) is 11.5 Å². The van der Waals surface area contributed by atoms with Gasteiger partial charge in [0.25, 0.3) is 5.91 Å². The van der Waals surface area contributed by atoms with Crippen molar-refractivity contribution in [1.82, 2.24) is 0 Å². The van der Waals surface area contributed by atoms with Crippen molar-refractivity contribution >= 4 is 28.2 Å². The lowest BCUT2D eigenvalue weighted by Gasteiger charge is -2.10. The van der Waals surface area contributed by atoms with E-state index in [2.05, 4.69) is 5.32 Å². The molecule has 0 radical (unpaired) electrons. The number of hydrogen-bond acceptors (Lipinski definition) is 5. The Kier molecular flexibility index (Phi) is 5.23. The van der Waals surface area contributed by atoms with E-state index in [-0.39, 0.29) is 12.3 Å². The molecule has 1 heterocycles. The molecule has 3 N–H and O–H groups in total. The molecule has 0 aliphatic heterocycles. The Morgan fingerprint density at radius 1 is 1.26 bits per heavy atom. The van der Waals surface area contributed by atoms with E-state index in [1.54, 1.807) is 37.6 Å². The zero-order chi connectivity index (χ0) is 17.0. The lowest BCUT2D eigenvalue weighted by Crippen LogP contribution is -2.18. The number of primary amides is 1. The van der Waals surface area contributed by atoms with Gasteiger partial charge >= 0.3 is 0 Å². The third-order valence-electron chi connectivity index (χ3n) is 3.32.